The van der Waals surface area contributed by atoms with E-state index in [9.17, 15) is 13.2 Å². The van der Waals surface area contributed by atoms with Crippen LogP contribution in [0.5, 0.6) is 11.5 Å². The molecule has 1 aromatic heterocycles. The molecule has 0 saturated heterocycles. The molecule has 1 N–H and O–H groups in total. The van der Waals surface area contributed by atoms with E-state index in [-0.39, 0.29) is 12.4 Å². The molecule has 0 unspecified atom stereocenters. The summed E-state index contributed by atoms with van der Waals surface area (Å²) >= 11 is 1.29. The van der Waals surface area contributed by atoms with Crippen LogP contribution in [0.3, 0.4) is 0 Å². The molecular formula is C21H24N4O5S2. The van der Waals surface area contributed by atoms with E-state index in [0.717, 1.165) is 12.0 Å². The maximum atomic E-state index is 12.8. The number of nitrogens with one attached hydrogen (secondary N) is 1. The third-order valence-electron chi connectivity index (χ3n) is 4.48. The molecule has 0 amide bonds. The lowest BCUT2D eigenvalue weighted by atomic mass is 10.1. The Morgan fingerprint density at radius 3 is 2.31 bits per heavy atom. The first-order valence-electron chi connectivity index (χ1n) is 9.60. The average molecular weight is 477 g/mol. The summed E-state index contributed by atoms with van der Waals surface area (Å²) in [5, 5.41) is 8.51. The van der Waals surface area contributed by atoms with Gasteiger partial charge in [0.1, 0.15) is 18.1 Å². The number of sulfonamides is 1. The molecule has 0 fully saturated rings. The van der Waals surface area contributed by atoms with Crippen molar-refractivity contribution in [2.45, 2.75) is 23.9 Å². The molecule has 0 aliphatic rings. The van der Waals surface area contributed by atoms with Crippen molar-refractivity contribution in [3.63, 3.8) is 0 Å². The first-order valence-corrected chi connectivity index (χ1v) is 12.4. The largest absolute Gasteiger partial charge is 0.497 e. The highest BCUT2D eigenvalue weighted by Crippen LogP contribution is 2.25. The monoisotopic (exact) mass is 476 g/mol. The van der Waals surface area contributed by atoms with Gasteiger partial charge in [-0.1, -0.05) is 11.8 Å². The summed E-state index contributed by atoms with van der Waals surface area (Å²) in [6.07, 6.45) is 1.07. The number of methoxy groups -OCH3 is 1. The van der Waals surface area contributed by atoms with E-state index in [0.29, 0.717) is 28.0 Å². The maximum Gasteiger partial charge on any atom is 0.229 e. The number of ketones is 1. The van der Waals surface area contributed by atoms with Gasteiger partial charge >= 0.3 is 0 Å². The highest BCUT2D eigenvalue weighted by molar-refractivity contribution is 8.00. The lowest BCUT2D eigenvalue weighted by Gasteiger charge is -2.11. The molecule has 0 aliphatic heterocycles. The van der Waals surface area contributed by atoms with Crippen LogP contribution >= 0.6 is 11.8 Å². The first-order chi connectivity index (χ1) is 15.2. The van der Waals surface area contributed by atoms with Crippen molar-refractivity contribution in [1.82, 2.24) is 14.8 Å². The van der Waals surface area contributed by atoms with Gasteiger partial charge in [-0.3, -0.25) is 9.52 Å². The molecule has 11 heteroatoms. The van der Waals surface area contributed by atoms with Crippen LogP contribution in [0.4, 0.5) is 5.69 Å². The van der Waals surface area contributed by atoms with Crippen LogP contribution < -0.4 is 14.2 Å². The lowest BCUT2D eigenvalue weighted by molar-refractivity contribution is 0.0994. The van der Waals surface area contributed by atoms with E-state index in [4.69, 9.17) is 9.47 Å². The fourth-order valence-electron chi connectivity index (χ4n) is 2.76. The summed E-state index contributed by atoms with van der Waals surface area (Å²) in [6.45, 7) is 2.02. The Morgan fingerprint density at radius 2 is 1.72 bits per heavy atom. The molecule has 3 aromatic rings. The van der Waals surface area contributed by atoms with Gasteiger partial charge in [0.15, 0.2) is 16.8 Å². The smallest absolute Gasteiger partial charge is 0.229 e. The number of Topliss-reactive ketones (excluding diaryl/α,β-unsaturated/α-hetero) is 1. The fourth-order valence-corrected chi connectivity index (χ4v) is 4.23. The van der Waals surface area contributed by atoms with Gasteiger partial charge in [-0.25, -0.2) is 8.42 Å². The number of ether oxygens (including phenoxy) is 2. The van der Waals surface area contributed by atoms with Gasteiger partial charge in [0.05, 0.1) is 18.6 Å². The van der Waals surface area contributed by atoms with E-state index < -0.39 is 15.3 Å². The van der Waals surface area contributed by atoms with Crippen molar-refractivity contribution in [2.24, 2.45) is 7.05 Å². The molecular weight excluding hydrogens is 452 g/mol. The predicted octanol–water partition coefficient (Wildman–Crippen LogP) is 3.14. The summed E-state index contributed by atoms with van der Waals surface area (Å²) in [4.78, 5) is 12.8. The van der Waals surface area contributed by atoms with Crippen LogP contribution in [0.1, 0.15) is 23.1 Å². The number of benzene rings is 2. The van der Waals surface area contributed by atoms with Crippen LogP contribution in [0.25, 0.3) is 0 Å². The van der Waals surface area contributed by atoms with E-state index in [1.807, 2.05) is 31.3 Å². The lowest BCUT2D eigenvalue weighted by Crippen LogP contribution is -2.15. The van der Waals surface area contributed by atoms with Crippen molar-refractivity contribution in [2.75, 3.05) is 18.1 Å². The Kier molecular flexibility index (Phi) is 7.41. The molecule has 32 heavy (non-hydrogen) atoms. The molecule has 1 atom stereocenters. The standard InChI is InChI=1S/C21H24N4O5S2/c1-14(20(26)15-5-7-16(8-6-15)24-32(4,27)28)31-21-23-22-19(25(21)2)13-30-18-11-9-17(29-3)10-12-18/h5-12,14,24H,13H2,1-4H3/t14-/m0/s1. The van der Waals surface area contributed by atoms with Gasteiger partial charge in [0.2, 0.25) is 10.0 Å². The summed E-state index contributed by atoms with van der Waals surface area (Å²) in [6, 6.07) is 13.5. The molecule has 9 nitrogen and oxygen atoms in total. The Bertz CT molecular complexity index is 1180. The zero-order chi connectivity index (χ0) is 23.3. The first kappa shape index (κ1) is 23.6. The van der Waals surface area contributed by atoms with Crippen LogP contribution in [-0.4, -0.2) is 47.6 Å². The van der Waals surface area contributed by atoms with Gasteiger partial charge in [-0.2, -0.15) is 0 Å². The van der Waals surface area contributed by atoms with Crippen molar-refractivity contribution < 1.29 is 22.7 Å². The van der Waals surface area contributed by atoms with Crippen LogP contribution in [-0.2, 0) is 23.7 Å². The quantitative estimate of drug-likeness (QED) is 0.351. The number of thioether (sulfide) groups is 1. The Hall–Kier alpha value is -3.05. The summed E-state index contributed by atoms with van der Waals surface area (Å²) in [5.74, 6) is 1.95. The summed E-state index contributed by atoms with van der Waals surface area (Å²) in [5.41, 5.74) is 0.883. The molecule has 0 spiro atoms. The van der Waals surface area contributed by atoms with Crippen LogP contribution in [0, 0.1) is 0 Å². The topological polar surface area (TPSA) is 112 Å². The number of anilines is 1. The number of aromatic nitrogens is 3. The molecule has 0 radical (unpaired) electrons. The van der Waals surface area contributed by atoms with Crippen molar-refractivity contribution >= 4 is 33.3 Å². The van der Waals surface area contributed by atoms with Crippen molar-refractivity contribution in [3.8, 4) is 11.5 Å². The predicted molar refractivity (Wildman–Crippen MR) is 123 cm³/mol. The number of carbonyl (C=O) groups excluding carboxylic acids is 1. The number of rotatable bonds is 10. The molecule has 0 saturated carbocycles. The van der Waals surface area contributed by atoms with E-state index >= 15 is 0 Å². The maximum absolute atomic E-state index is 12.8. The average Bonchev–Trinajstić information content (AvgIpc) is 3.10. The molecule has 0 bridgehead atoms. The number of nitrogens with zero attached hydrogens (tertiary/aromatic N) is 3. The molecule has 2 aromatic carbocycles. The summed E-state index contributed by atoms with van der Waals surface area (Å²) < 4.78 is 37.7. The van der Waals surface area contributed by atoms with E-state index in [1.54, 1.807) is 42.9 Å². The van der Waals surface area contributed by atoms with Crippen molar-refractivity contribution in [3.05, 3.63) is 59.9 Å². The number of hydrogen-bond acceptors (Lipinski definition) is 8. The van der Waals surface area contributed by atoms with Gasteiger partial charge in [-0.05, 0) is 55.5 Å². The second-order valence-electron chi connectivity index (χ2n) is 7.00. The highest BCUT2D eigenvalue weighted by atomic mass is 32.2. The SMILES string of the molecule is COc1ccc(OCc2nnc(S[C@@H](C)C(=O)c3ccc(NS(C)(=O)=O)cc3)n2C)cc1. The zero-order valence-electron chi connectivity index (χ0n) is 18.1. The second kappa shape index (κ2) is 10.0. The third kappa shape index (κ3) is 6.24. The normalized spacial score (nSPS) is 12.2. The third-order valence-corrected chi connectivity index (χ3v) is 6.22. The zero-order valence-corrected chi connectivity index (χ0v) is 19.7. The second-order valence-corrected chi connectivity index (χ2v) is 10.1. The number of carbonyl (C=O) groups is 1. The minimum Gasteiger partial charge on any atom is -0.497 e. The fraction of sp³-hybridized carbons (Fsp3) is 0.286. The minimum atomic E-state index is -3.37. The van der Waals surface area contributed by atoms with E-state index in [1.165, 1.54) is 11.8 Å². The van der Waals surface area contributed by atoms with Gasteiger partial charge in [0.25, 0.3) is 0 Å². The van der Waals surface area contributed by atoms with Crippen molar-refractivity contribution in [1.29, 1.82) is 0 Å². The Balaban J connectivity index is 1.60. The molecule has 1 heterocycles. The molecule has 170 valence electrons. The highest BCUT2D eigenvalue weighted by Gasteiger charge is 2.20. The van der Waals surface area contributed by atoms with E-state index in [2.05, 4.69) is 14.9 Å². The number of hydrogen-bond donors (Lipinski definition) is 1. The summed E-state index contributed by atoms with van der Waals surface area (Å²) in [7, 11) is 0.0517. The Morgan fingerprint density at radius 1 is 1.09 bits per heavy atom. The van der Waals surface area contributed by atoms with Crippen LogP contribution in [0.2, 0.25) is 0 Å². The van der Waals surface area contributed by atoms with Crippen LogP contribution in [0.15, 0.2) is 53.7 Å². The van der Waals surface area contributed by atoms with Gasteiger partial charge in [-0.15, -0.1) is 10.2 Å². The van der Waals surface area contributed by atoms with Gasteiger partial charge in [0, 0.05) is 18.3 Å². The molecule has 0 aliphatic carbocycles. The Labute approximate surface area is 191 Å². The van der Waals surface area contributed by atoms with Gasteiger partial charge < -0.3 is 14.0 Å². The molecule has 3 rings (SSSR count). The minimum absolute atomic E-state index is 0.0973.